The number of benzene rings is 3. The lowest BCUT2D eigenvalue weighted by atomic mass is 9.64. The average molecular weight is 440 g/mol. The summed E-state index contributed by atoms with van der Waals surface area (Å²) in [6, 6.07) is 27.5. The van der Waals surface area contributed by atoms with Crippen LogP contribution in [0, 0.1) is 11.8 Å². The van der Waals surface area contributed by atoms with E-state index in [1.165, 1.54) is 41.5 Å². The first-order chi connectivity index (χ1) is 16.1. The van der Waals surface area contributed by atoms with Crippen LogP contribution in [0.15, 0.2) is 78.9 Å². The van der Waals surface area contributed by atoms with Gasteiger partial charge in [0.1, 0.15) is 0 Å². The van der Waals surface area contributed by atoms with Gasteiger partial charge < -0.3 is 10.4 Å². The molecular weight excluding hydrogens is 410 g/mol. The van der Waals surface area contributed by atoms with Gasteiger partial charge in [0.15, 0.2) is 0 Å². The summed E-state index contributed by atoms with van der Waals surface area (Å²) in [5.41, 5.74) is 5.67. The van der Waals surface area contributed by atoms with Gasteiger partial charge in [0.05, 0.1) is 6.42 Å². The van der Waals surface area contributed by atoms with Gasteiger partial charge in [-0.3, -0.25) is 9.59 Å². The zero-order chi connectivity index (χ0) is 22.8. The first-order valence-electron chi connectivity index (χ1n) is 11.8. The number of carboxylic acids is 1. The number of carbonyl (C=O) groups excluding carboxylic acids is 1. The van der Waals surface area contributed by atoms with Crippen molar-refractivity contribution in [2.45, 2.75) is 37.5 Å². The van der Waals surface area contributed by atoms with Crippen LogP contribution >= 0.6 is 0 Å². The van der Waals surface area contributed by atoms with Gasteiger partial charge in [0.2, 0.25) is 0 Å². The molecule has 33 heavy (non-hydrogen) atoms. The molecule has 2 saturated carbocycles. The maximum atomic E-state index is 12.4. The van der Waals surface area contributed by atoms with E-state index in [2.05, 4.69) is 66.0 Å². The highest BCUT2D eigenvalue weighted by Crippen LogP contribution is 2.60. The van der Waals surface area contributed by atoms with Crippen LogP contribution in [0.3, 0.4) is 0 Å². The third kappa shape index (κ3) is 4.06. The van der Waals surface area contributed by atoms with Crippen molar-refractivity contribution in [1.29, 1.82) is 0 Å². The minimum atomic E-state index is -0.915. The summed E-state index contributed by atoms with van der Waals surface area (Å²) in [7, 11) is 0. The molecule has 2 aliphatic rings. The molecule has 0 aliphatic heterocycles. The van der Waals surface area contributed by atoms with Crippen molar-refractivity contribution in [3.8, 4) is 11.1 Å². The van der Waals surface area contributed by atoms with Crippen molar-refractivity contribution in [2.24, 2.45) is 11.8 Å². The Hall–Kier alpha value is -3.40. The van der Waals surface area contributed by atoms with Crippen molar-refractivity contribution >= 4 is 11.9 Å². The van der Waals surface area contributed by atoms with Gasteiger partial charge in [-0.15, -0.1) is 0 Å². The molecule has 3 atom stereocenters. The molecule has 2 aliphatic carbocycles. The van der Waals surface area contributed by atoms with E-state index in [-0.39, 0.29) is 24.3 Å². The number of carboxylic acid groups (broad SMARTS) is 1. The molecule has 3 aromatic carbocycles. The van der Waals surface area contributed by atoms with E-state index in [1.807, 2.05) is 18.2 Å². The number of aliphatic carboxylic acids is 1. The molecule has 4 nitrogen and oxygen atoms in total. The van der Waals surface area contributed by atoms with Crippen molar-refractivity contribution in [1.82, 2.24) is 5.32 Å². The second-order valence-corrected chi connectivity index (χ2v) is 9.47. The lowest BCUT2D eigenvalue weighted by Crippen LogP contribution is -2.34. The normalized spacial score (nSPS) is 23.4. The molecule has 0 saturated heterocycles. The molecule has 5 rings (SSSR count). The van der Waals surface area contributed by atoms with Crippen LogP contribution in [-0.2, 0) is 10.2 Å². The molecule has 168 valence electrons. The molecule has 0 spiro atoms. The van der Waals surface area contributed by atoms with Crippen LogP contribution in [0.2, 0.25) is 0 Å². The van der Waals surface area contributed by atoms with Crippen molar-refractivity contribution in [2.75, 3.05) is 6.54 Å². The Labute approximate surface area is 194 Å². The standard InChI is InChI=1S/C29H29NO3/c31-27(32)16-17-30-28(33)23-9-14-25(15-10-23)29(19-20-6-11-26(29)18-20)24-12-7-22(8-13-24)21-4-2-1-3-5-21/h1-5,7-10,12-15,20,26H,6,11,16-19H2,(H,30,33)(H,31,32). The van der Waals surface area contributed by atoms with E-state index >= 15 is 0 Å². The third-order valence-corrected chi connectivity index (χ3v) is 7.64. The predicted octanol–water partition coefficient (Wildman–Crippen LogP) is 5.66. The second kappa shape index (κ2) is 8.86. The molecule has 4 heteroatoms. The number of hydrogen-bond donors (Lipinski definition) is 2. The molecule has 2 bridgehead atoms. The Balaban J connectivity index is 1.43. The predicted molar refractivity (Wildman–Crippen MR) is 129 cm³/mol. The number of carbonyl (C=O) groups is 2. The Bertz CT molecular complexity index is 1140. The minimum absolute atomic E-state index is 0.00352. The maximum Gasteiger partial charge on any atom is 0.305 e. The van der Waals surface area contributed by atoms with Crippen LogP contribution < -0.4 is 5.32 Å². The van der Waals surface area contributed by atoms with E-state index in [4.69, 9.17) is 5.11 Å². The molecule has 2 fully saturated rings. The molecule has 3 aromatic rings. The van der Waals surface area contributed by atoms with Crippen LogP contribution in [0.4, 0.5) is 0 Å². The quantitative estimate of drug-likeness (QED) is 0.499. The molecule has 0 heterocycles. The fourth-order valence-corrected chi connectivity index (χ4v) is 6.10. The zero-order valence-corrected chi connectivity index (χ0v) is 18.7. The van der Waals surface area contributed by atoms with E-state index in [1.54, 1.807) is 0 Å². The monoisotopic (exact) mass is 439 g/mol. The van der Waals surface area contributed by atoms with Gasteiger partial charge in [-0.25, -0.2) is 0 Å². The Kier molecular flexibility index (Phi) is 5.76. The van der Waals surface area contributed by atoms with Gasteiger partial charge in [0, 0.05) is 17.5 Å². The highest BCUT2D eigenvalue weighted by Gasteiger charge is 2.52. The fraction of sp³-hybridized carbons (Fsp3) is 0.310. The smallest absolute Gasteiger partial charge is 0.305 e. The summed E-state index contributed by atoms with van der Waals surface area (Å²) in [5.74, 6) is 0.252. The molecular formula is C29H29NO3. The largest absolute Gasteiger partial charge is 0.481 e. The topological polar surface area (TPSA) is 66.4 Å². The molecule has 0 aromatic heterocycles. The molecule has 2 N–H and O–H groups in total. The van der Waals surface area contributed by atoms with Crippen LogP contribution in [0.1, 0.15) is 53.6 Å². The van der Waals surface area contributed by atoms with Gasteiger partial charge in [0.25, 0.3) is 5.91 Å². The summed E-state index contributed by atoms with van der Waals surface area (Å²) < 4.78 is 0. The van der Waals surface area contributed by atoms with E-state index in [0.29, 0.717) is 11.5 Å². The second-order valence-electron chi connectivity index (χ2n) is 9.47. The van der Waals surface area contributed by atoms with Gasteiger partial charge in [-0.2, -0.15) is 0 Å². The first kappa shape index (κ1) is 21.4. The summed E-state index contributed by atoms with van der Waals surface area (Å²) in [6.07, 6.45) is 4.93. The number of hydrogen-bond acceptors (Lipinski definition) is 2. The molecule has 0 radical (unpaired) electrons. The van der Waals surface area contributed by atoms with E-state index in [9.17, 15) is 9.59 Å². The lowest BCUT2D eigenvalue weighted by Gasteiger charge is -2.39. The van der Waals surface area contributed by atoms with Crippen LogP contribution in [0.25, 0.3) is 11.1 Å². The van der Waals surface area contributed by atoms with E-state index in [0.717, 1.165) is 12.3 Å². The van der Waals surface area contributed by atoms with E-state index < -0.39 is 5.97 Å². The Morgan fingerprint density at radius 1 is 0.848 bits per heavy atom. The van der Waals surface area contributed by atoms with Crippen LogP contribution in [0.5, 0.6) is 0 Å². The first-order valence-corrected chi connectivity index (χ1v) is 11.8. The lowest BCUT2D eigenvalue weighted by molar-refractivity contribution is -0.136. The fourth-order valence-electron chi connectivity index (χ4n) is 6.10. The number of nitrogens with one attached hydrogen (secondary N) is 1. The summed E-state index contributed by atoms with van der Waals surface area (Å²) >= 11 is 0. The SMILES string of the molecule is O=C(O)CCNC(=O)c1ccc(C2(c3ccc(-c4ccccc4)cc3)CC3CCC2C3)cc1. The highest BCUT2D eigenvalue weighted by molar-refractivity contribution is 5.94. The van der Waals surface area contributed by atoms with Crippen molar-refractivity contribution < 1.29 is 14.7 Å². The minimum Gasteiger partial charge on any atom is -0.481 e. The number of amides is 1. The van der Waals surface area contributed by atoms with Gasteiger partial charge >= 0.3 is 5.97 Å². The summed E-state index contributed by atoms with van der Waals surface area (Å²) in [5, 5.41) is 11.5. The zero-order valence-electron chi connectivity index (χ0n) is 18.7. The highest BCUT2D eigenvalue weighted by atomic mass is 16.4. The van der Waals surface area contributed by atoms with Crippen molar-refractivity contribution in [3.05, 3.63) is 95.6 Å². The average Bonchev–Trinajstić information content (AvgIpc) is 3.47. The Morgan fingerprint density at radius 2 is 1.48 bits per heavy atom. The van der Waals surface area contributed by atoms with Gasteiger partial charge in [-0.05, 0) is 65.5 Å². The molecule has 3 unspecified atom stereocenters. The van der Waals surface area contributed by atoms with Crippen LogP contribution in [-0.4, -0.2) is 23.5 Å². The summed E-state index contributed by atoms with van der Waals surface area (Å²) in [6.45, 7) is 0.136. The Morgan fingerprint density at radius 3 is 2.06 bits per heavy atom. The number of rotatable bonds is 7. The van der Waals surface area contributed by atoms with Crippen molar-refractivity contribution in [3.63, 3.8) is 0 Å². The van der Waals surface area contributed by atoms with Gasteiger partial charge in [-0.1, -0.05) is 73.2 Å². The maximum absolute atomic E-state index is 12.4. The third-order valence-electron chi connectivity index (χ3n) is 7.64. The summed E-state index contributed by atoms with van der Waals surface area (Å²) in [4.78, 5) is 23.1. The molecule has 1 amide bonds. The number of fused-ring (bicyclic) bond motifs is 2.